The van der Waals surface area contributed by atoms with Crippen molar-refractivity contribution in [2.75, 3.05) is 0 Å². The number of rotatable bonds is 2. The number of nitrogens with zero attached hydrogens (tertiary/aromatic N) is 2. The van der Waals surface area contributed by atoms with Gasteiger partial charge in [0.25, 0.3) is 0 Å². The SMILES string of the molecule is CCCn1ncc2c1CCCCC2=O. The summed E-state index contributed by atoms with van der Waals surface area (Å²) >= 11 is 0. The topological polar surface area (TPSA) is 34.9 Å². The van der Waals surface area contributed by atoms with Crippen LogP contribution < -0.4 is 0 Å². The van der Waals surface area contributed by atoms with Crippen LogP contribution in [0.3, 0.4) is 0 Å². The van der Waals surface area contributed by atoms with Crippen molar-refractivity contribution in [1.29, 1.82) is 0 Å². The maximum atomic E-state index is 11.7. The predicted molar refractivity (Wildman–Crippen MR) is 54.4 cm³/mol. The number of carbonyl (C=O) groups excluding carboxylic acids is 1. The fraction of sp³-hybridized carbons (Fsp3) is 0.636. The highest BCUT2D eigenvalue weighted by Crippen LogP contribution is 2.20. The second-order valence-corrected chi connectivity index (χ2v) is 3.86. The van der Waals surface area contributed by atoms with E-state index in [0.29, 0.717) is 6.42 Å². The fourth-order valence-corrected chi connectivity index (χ4v) is 2.02. The quantitative estimate of drug-likeness (QED) is 0.673. The molecule has 3 heteroatoms. The first-order valence-corrected chi connectivity index (χ1v) is 5.41. The molecule has 14 heavy (non-hydrogen) atoms. The standard InChI is InChI=1S/C11H16N2O/c1-2-7-13-10-5-3-4-6-11(14)9(10)8-12-13/h8H,2-7H2,1H3. The smallest absolute Gasteiger partial charge is 0.166 e. The predicted octanol–water partition coefficient (Wildman–Crippen LogP) is 2.20. The van der Waals surface area contributed by atoms with Gasteiger partial charge in [0.1, 0.15) is 0 Å². The van der Waals surface area contributed by atoms with Crippen molar-refractivity contribution in [3.63, 3.8) is 0 Å². The molecule has 0 N–H and O–H groups in total. The van der Waals surface area contributed by atoms with E-state index >= 15 is 0 Å². The highest BCUT2D eigenvalue weighted by molar-refractivity contribution is 5.97. The molecule has 0 unspecified atom stereocenters. The summed E-state index contributed by atoms with van der Waals surface area (Å²) in [6.07, 6.45) is 6.68. The summed E-state index contributed by atoms with van der Waals surface area (Å²) in [5.41, 5.74) is 2.03. The number of carbonyl (C=O) groups is 1. The van der Waals surface area contributed by atoms with Gasteiger partial charge in [-0.05, 0) is 25.7 Å². The highest BCUT2D eigenvalue weighted by Gasteiger charge is 2.19. The maximum absolute atomic E-state index is 11.7. The molecule has 1 aliphatic carbocycles. The molecule has 1 aromatic heterocycles. The van der Waals surface area contributed by atoms with Gasteiger partial charge in [-0.25, -0.2) is 0 Å². The second kappa shape index (κ2) is 3.95. The molecule has 1 heterocycles. The number of hydrogen-bond donors (Lipinski definition) is 0. The first-order valence-electron chi connectivity index (χ1n) is 5.41. The van der Waals surface area contributed by atoms with Crippen molar-refractivity contribution in [3.05, 3.63) is 17.5 Å². The van der Waals surface area contributed by atoms with Crippen LogP contribution in [0, 0.1) is 0 Å². The lowest BCUT2D eigenvalue weighted by molar-refractivity contribution is 0.0982. The molecule has 0 aromatic carbocycles. The molecule has 76 valence electrons. The summed E-state index contributed by atoms with van der Waals surface area (Å²) in [6.45, 7) is 3.06. The summed E-state index contributed by atoms with van der Waals surface area (Å²) in [7, 11) is 0. The molecule has 3 nitrogen and oxygen atoms in total. The van der Waals surface area contributed by atoms with Crippen LogP contribution in [0.15, 0.2) is 6.20 Å². The van der Waals surface area contributed by atoms with E-state index in [-0.39, 0.29) is 5.78 Å². The van der Waals surface area contributed by atoms with Crippen LogP contribution in [-0.4, -0.2) is 15.6 Å². The fourth-order valence-electron chi connectivity index (χ4n) is 2.02. The molecule has 0 saturated heterocycles. The minimum atomic E-state index is 0.278. The Bertz CT molecular complexity index is 341. The molecule has 0 spiro atoms. The van der Waals surface area contributed by atoms with Crippen molar-refractivity contribution in [1.82, 2.24) is 9.78 Å². The molecule has 0 amide bonds. The van der Waals surface area contributed by atoms with Crippen LogP contribution in [0.4, 0.5) is 0 Å². The Balaban J connectivity index is 2.34. The Morgan fingerprint density at radius 2 is 2.21 bits per heavy atom. The second-order valence-electron chi connectivity index (χ2n) is 3.86. The van der Waals surface area contributed by atoms with Crippen LogP contribution in [0.25, 0.3) is 0 Å². The minimum absolute atomic E-state index is 0.278. The van der Waals surface area contributed by atoms with Gasteiger partial charge >= 0.3 is 0 Å². The molecule has 1 aliphatic rings. The molecular weight excluding hydrogens is 176 g/mol. The van der Waals surface area contributed by atoms with Crippen molar-refractivity contribution in [2.45, 2.75) is 45.6 Å². The van der Waals surface area contributed by atoms with E-state index < -0.39 is 0 Å². The van der Waals surface area contributed by atoms with E-state index in [1.165, 1.54) is 0 Å². The first kappa shape index (κ1) is 9.44. The summed E-state index contributed by atoms with van der Waals surface area (Å²) < 4.78 is 2.00. The third-order valence-electron chi connectivity index (χ3n) is 2.75. The van der Waals surface area contributed by atoms with Crippen LogP contribution in [0.1, 0.15) is 48.7 Å². The Hall–Kier alpha value is -1.12. The Labute approximate surface area is 84.1 Å². The van der Waals surface area contributed by atoms with E-state index in [9.17, 15) is 4.79 Å². The van der Waals surface area contributed by atoms with E-state index in [4.69, 9.17) is 0 Å². The Morgan fingerprint density at radius 3 is 3.00 bits per heavy atom. The van der Waals surface area contributed by atoms with Crippen LogP contribution in [0.2, 0.25) is 0 Å². The molecular formula is C11H16N2O. The molecule has 0 radical (unpaired) electrons. The average molecular weight is 192 g/mol. The van der Waals surface area contributed by atoms with Crippen LogP contribution in [0.5, 0.6) is 0 Å². The molecule has 2 rings (SSSR count). The first-order chi connectivity index (χ1) is 6.83. The average Bonchev–Trinajstić information content (AvgIpc) is 2.47. The van der Waals surface area contributed by atoms with Crippen LogP contribution >= 0.6 is 0 Å². The van der Waals surface area contributed by atoms with E-state index in [1.54, 1.807) is 6.20 Å². The third kappa shape index (κ3) is 1.59. The lowest BCUT2D eigenvalue weighted by Crippen LogP contribution is -2.06. The van der Waals surface area contributed by atoms with Gasteiger partial charge in [0, 0.05) is 18.7 Å². The number of fused-ring (bicyclic) bond motifs is 1. The van der Waals surface area contributed by atoms with Gasteiger partial charge in [-0.1, -0.05) is 6.92 Å². The van der Waals surface area contributed by atoms with E-state index in [1.807, 2.05) is 4.68 Å². The van der Waals surface area contributed by atoms with Gasteiger partial charge in [-0.15, -0.1) is 0 Å². The zero-order chi connectivity index (χ0) is 9.97. The molecule has 0 bridgehead atoms. The lowest BCUT2D eigenvalue weighted by atomic mass is 10.1. The van der Waals surface area contributed by atoms with E-state index in [0.717, 1.165) is 43.5 Å². The van der Waals surface area contributed by atoms with Gasteiger partial charge in [0.15, 0.2) is 5.78 Å². The number of Topliss-reactive ketones (excluding diaryl/α,β-unsaturated/α-hetero) is 1. The van der Waals surface area contributed by atoms with Gasteiger partial charge in [-0.3, -0.25) is 9.48 Å². The molecule has 0 saturated carbocycles. The minimum Gasteiger partial charge on any atom is -0.294 e. The monoisotopic (exact) mass is 192 g/mol. The maximum Gasteiger partial charge on any atom is 0.166 e. The number of ketones is 1. The molecule has 1 aromatic rings. The number of aromatic nitrogens is 2. The summed E-state index contributed by atoms with van der Waals surface area (Å²) in [5.74, 6) is 0.278. The lowest BCUT2D eigenvalue weighted by Gasteiger charge is -2.04. The number of aryl methyl sites for hydroxylation is 1. The van der Waals surface area contributed by atoms with Crippen molar-refractivity contribution >= 4 is 5.78 Å². The summed E-state index contributed by atoms with van der Waals surface area (Å²) in [5, 5.41) is 4.28. The number of hydrogen-bond acceptors (Lipinski definition) is 2. The Morgan fingerprint density at radius 1 is 1.43 bits per heavy atom. The normalized spacial score (nSPS) is 16.5. The van der Waals surface area contributed by atoms with E-state index in [2.05, 4.69) is 12.0 Å². The molecule has 0 fully saturated rings. The van der Waals surface area contributed by atoms with Gasteiger partial charge < -0.3 is 0 Å². The molecule has 0 atom stereocenters. The zero-order valence-corrected chi connectivity index (χ0v) is 8.62. The zero-order valence-electron chi connectivity index (χ0n) is 8.62. The largest absolute Gasteiger partial charge is 0.294 e. The highest BCUT2D eigenvalue weighted by atomic mass is 16.1. The van der Waals surface area contributed by atoms with Gasteiger partial charge in [-0.2, -0.15) is 5.10 Å². The van der Waals surface area contributed by atoms with Crippen molar-refractivity contribution in [3.8, 4) is 0 Å². The van der Waals surface area contributed by atoms with Gasteiger partial charge in [0.05, 0.1) is 11.8 Å². The van der Waals surface area contributed by atoms with Crippen LogP contribution in [-0.2, 0) is 13.0 Å². The summed E-state index contributed by atoms with van der Waals surface area (Å²) in [6, 6.07) is 0. The van der Waals surface area contributed by atoms with Crippen molar-refractivity contribution in [2.24, 2.45) is 0 Å². The summed E-state index contributed by atoms with van der Waals surface area (Å²) in [4.78, 5) is 11.7. The van der Waals surface area contributed by atoms with Gasteiger partial charge in [0.2, 0.25) is 0 Å². The Kier molecular flexibility index (Phi) is 2.66. The third-order valence-corrected chi connectivity index (χ3v) is 2.75. The molecule has 0 aliphatic heterocycles. The van der Waals surface area contributed by atoms with Crippen molar-refractivity contribution < 1.29 is 4.79 Å².